The zero-order valence-electron chi connectivity index (χ0n) is 6.01. The Kier molecular flexibility index (Phi) is 2.41. The molecule has 0 amide bonds. The zero-order valence-corrected chi connectivity index (χ0v) is 6.01. The number of aliphatic hydroxyl groups is 3. The number of cyclic esters (lactones) is 1. The van der Waals surface area contributed by atoms with E-state index < -0.39 is 36.7 Å². The molecule has 68 valence electrons. The van der Waals surface area contributed by atoms with Crippen molar-refractivity contribution in [1.82, 2.24) is 0 Å². The van der Waals surface area contributed by atoms with Crippen LogP contribution in [0.3, 0.4) is 0 Å². The second-order valence-corrected chi connectivity index (χ2v) is 2.41. The Morgan fingerprint density at radius 2 is 2.08 bits per heavy atom. The van der Waals surface area contributed by atoms with Gasteiger partial charge in [-0.05, 0) is 0 Å². The second kappa shape index (κ2) is 3.18. The topological polar surface area (TPSA) is 107 Å². The van der Waals surface area contributed by atoms with Crippen LogP contribution in [0.15, 0.2) is 0 Å². The van der Waals surface area contributed by atoms with Gasteiger partial charge < -0.3 is 20.1 Å². The summed E-state index contributed by atoms with van der Waals surface area (Å²) in [7, 11) is 0. The van der Waals surface area contributed by atoms with Crippen molar-refractivity contribution in [2.24, 2.45) is 0 Å². The van der Waals surface area contributed by atoms with Crippen LogP contribution in [-0.4, -0.2) is 52.0 Å². The highest BCUT2D eigenvalue weighted by atomic mass is 16.6. The van der Waals surface area contributed by atoms with E-state index in [1.54, 1.807) is 0 Å². The van der Waals surface area contributed by atoms with Crippen LogP contribution in [0, 0.1) is 0 Å². The number of epoxide rings is 1. The van der Waals surface area contributed by atoms with Crippen LogP contribution in [0.1, 0.15) is 0 Å². The van der Waals surface area contributed by atoms with Crippen LogP contribution < -0.4 is 0 Å². The lowest BCUT2D eigenvalue weighted by molar-refractivity contribution is -0.135. The van der Waals surface area contributed by atoms with E-state index in [1.165, 1.54) is 0 Å². The summed E-state index contributed by atoms with van der Waals surface area (Å²) >= 11 is 0. The van der Waals surface area contributed by atoms with Gasteiger partial charge in [0.1, 0.15) is 12.2 Å². The number of hydrogen-bond acceptors (Lipinski definition) is 6. The molecule has 0 unspecified atom stereocenters. The van der Waals surface area contributed by atoms with Crippen molar-refractivity contribution in [1.29, 1.82) is 0 Å². The fourth-order valence-corrected chi connectivity index (χ4v) is 0.701. The Bertz CT molecular complexity index is 212. The molecule has 0 aromatic carbocycles. The summed E-state index contributed by atoms with van der Waals surface area (Å²) < 4.78 is 4.15. The Morgan fingerprint density at radius 1 is 1.58 bits per heavy atom. The van der Waals surface area contributed by atoms with Crippen molar-refractivity contribution in [2.75, 3.05) is 6.61 Å². The highest BCUT2D eigenvalue weighted by Gasteiger charge is 2.48. The van der Waals surface area contributed by atoms with Crippen LogP contribution in [0.25, 0.3) is 0 Å². The van der Waals surface area contributed by atoms with Gasteiger partial charge in [-0.3, -0.25) is 4.79 Å². The number of aliphatic hydroxyl groups excluding tert-OH is 3. The van der Waals surface area contributed by atoms with E-state index >= 15 is 0 Å². The minimum absolute atomic E-state index is 0.718. The highest BCUT2D eigenvalue weighted by molar-refractivity contribution is 6.12. The fourth-order valence-electron chi connectivity index (χ4n) is 0.701. The lowest BCUT2D eigenvalue weighted by Gasteiger charge is -2.11. The minimum Gasteiger partial charge on any atom is -0.439 e. The van der Waals surface area contributed by atoms with E-state index in [-0.39, 0.29) is 0 Å². The highest BCUT2D eigenvalue weighted by Crippen LogP contribution is 2.16. The lowest BCUT2D eigenvalue weighted by Crippen LogP contribution is -2.39. The van der Waals surface area contributed by atoms with Gasteiger partial charge in [0.05, 0.1) is 6.61 Å². The molecule has 0 saturated carbocycles. The van der Waals surface area contributed by atoms with Crippen molar-refractivity contribution in [3.05, 3.63) is 0 Å². The molecule has 0 radical (unpaired) electrons. The quantitative estimate of drug-likeness (QED) is 0.315. The predicted octanol–water partition coefficient (Wildman–Crippen LogP) is -2.81. The predicted molar refractivity (Wildman–Crippen MR) is 34.0 cm³/mol. The SMILES string of the molecule is O=C1O[C@H]1C(=O)[C@H](O)[C@@H](O)CO. The van der Waals surface area contributed by atoms with E-state index in [0.29, 0.717) is 0 Å². The first-order chi connectivity index (χ1) is 5.57. The molecule has 12 heavy (non-hydrogen) atoms. The third-order valence-corrected chi connectivity index (χ3v) is 1.49. The molecule has 3 N–H and O–H groups in total. The van der Waals surface area contributed by atoms with Crippen molar-refractivity contribution in [3.63, 3.8) is 0 Å². The molecular formula is C6H8O6. The van der Waals surface area contributed by atoms with Crippen LogP contribution in [-0.2, 0) is 14.3 Å². The number of Topliss-reactive ketones (excluding diaryl/α,β-unsaturated/α-hetero) is 1. The van der Waals surface area contributed by atoms with Gasteiger partial charge >= 0.3 is 5.97 Å². The molecule has 0 spiro atoms. The number of hydrogen-bond donors (Lipinski definition) is 3. The van der Waals surface area contributed by atoms with E-state index in [9.17, 15) is 9.59 Å². The second-order valence-electron chi connectivity index (χ2n) is 2.41. The molecule has 1 saturated heterocycles. The molecule has 1 aliphatic heterocycles. The van der Waals surface area contributed by atoms with Crippen molar-refractivity contribution >= 4 is 11.8 Å². The number of rotatable bonds is 4. The number of carbonyl (C=O) groups excluding carboxylic acids is 2. The maximum absolute atomic E-state index is 10.8. The minimum atomic E-state index is -1.76. The molecule has 1 heterocycles. The van der Waals surface area contributed by atoms with Gasteiger partial charge in [0, 0.05) is 0 Å². The first kappa shape index (κ1) is 9.11. The maximum atomic E-state index is 10.8. The van der Waals surface area contributed by atoms with Crippen LogP contribution in [0.4, 0.5) is 0 Å². The average Bonchev–Trinajstić information content (AvgIpc) is 2.78. The Morgan fingerprint density at radius 3 is 2.42 bits per heavy atom. The summed E-state index contributed by atoms with van der Waals surface area (Å²) in [4.78, 5) is 21.1. The van der Waals surface area contributed by atoms with E-state index in [4.69, 9.17) is 15.3 Å². The molecule has 6 nitrogen and oxygen atoms in total. The summed E-state index contributed by atoms with van der Waals surface area (Å²) in [6.45, 7) is -0.742. The van der Waals surface area contributed by atoms with Gasteiger partial charge in [0.2, 0.25) is 5.78 Å². The summed E-state index contributed by atoms with van der Waals surface area (Å²) in [5, 5.41) is 26.0. The summed E-state index contributed by atoms with van der Waals surface area (Å²) in [6.07, 6.45) is -4.57. The molecular weight excluding hydrogens is 168 g/mol. The van der Waals surface area contributed by atoms with Gasteiger partial charge in [0.25, 0.3) is 6.10 Å². The van der Waals surface area contributed by atoms with Gasteiger partial charge in [-0.15, -0.1) is 0 Å². The molecule has 1 aliphatic rings. The van der Waals surface area contributed by atoms with Gasteiger partial charge in [0.15, 0.2) is 0 Å². The zero-order chi connectivity index (χ0) is 9.30. The first-order valence-electron chi connectivity index (χ1n) is 3.29. The normalized spacial score (nSPS) is 25.9. The van der Waals surface area contributed by atoms with Crippen molar-refractivity contribution in [3.8, 4) is 0 Å². The monoisotopic (exact) mass is 176 g/mol. The molecule has 0 aliphatic carbocycles. The third kappa shape index (κ3) is 1.60. The lowest BCUT2D eigenvalue weighted by atomic mass is 10.1. The van der Waals surface area contributed by atoms with Crippen LogP contribution in [0.2, 0.25) is 0 Å². The first-order valence-corrected chi connectivity index (χ1v) is 3.29. The number of ether oxygens (including phenoxy) is 1. The van der Waals surface area contributed by atoms with Crippen LogP contribution in [0.5, 0.6) is 0 Å². The Balaban J connectivity index is 2.46. The Labute approximate surface area is 67.4 Å². The van der Waals surface area contributed by atoms with Crippen molar-refractivity contribution < 1.29 is 29.6 Å². The smallest absolute Gasteiger partial charge is 0.356 e. The molecule has 0 aromatic rings. The molecule has 0 aromatic heterocycles. The average molecular weight is 176 g/mol. The largest absolute Gasteiger partial charge is 0.439 e. The van der Waals surface area contributed by atoms with Gasteiger partial charge in [-0.25, -0.2) is 4.79 Å². The molecule has 1 fully saturated rings. The van der Waals surface area contributed by atoms with Crippen molar-refractivity contribution in [2.45, 2.75) is 18.3 Å². The number of ketones is 1. The molecule has 6 heteroatoms. The van der Waals surface area contributed by atoms with Gasteiger partial charge in [-0.2, -0.15) is 0 Å². The third-order valence-electron chi connectivity index (χ3n) is 1.49. The van der Waals surface area contributed by atoms with Crippen LogP contribution >= 0.6 is 0 Å². The number of carbonyl (C=O) groups is 2. The summed E-state index contributed by atoms with van der Waals surface area (Å²) in [6, 6.07) is 0. The standard InChI is InChI=1S/C6H8O6/c7-1-2(8)3(9)4(10)5-6(11)12-5/h2-3,5,7-9H,1H2/t2-,3+,5-/m0/s1. The molecule has 3 atom stereocenters. The van der Waals surface area contributed by atoms with E-state index in [1.807, 2.05) is 0 Å². The van der Waals surface area contributed by atoms with E-state index in [2.05, 4.69) is 4.74 Å². The molecule has 0 bridgehead atoms. The molecule has 1 rings (SSSR count). The Hall–Kier alpha value is -0.980. The van der Waals surface area contributed by atoms with Gasteiger partial charge in [-0.1, -0.05) is 0 Å². The van der Waals surface area contributed by atoms with E-state index in [0.717, 1.165) is 0 Å². The maximum Gasteiger partial charge on any atom is 0.356 e. The summed E-state index contributed by atoms with van der Waals surface area (Å²) in [5.41, 5.74) is 0. The fraction of sp³-hybridized carbons (Fsp3) is 0.667. The summed E-state index contributed by atoms with van der Waals surface area (Å²) in [5.74, 6) is -1.63.